The molecule has 0 aliphatic heterocycles. The van der Waals surface area contributed by atoms with Gasteiger partial charge in [0.1, 0.15) is 0 Å². The van der Waals surface area contributed by atoms with Crippen molar-refractivity contribution in [1.82, 2.24) is 4.90 Å². The molecule has 0 radical (unpaired) electrons. The van der Waals surface area contributed by atoms with Gasteiger partial charge in [-0.15, -0.1) is 0 Å². The zero-order valence-electron chi connectivity index (χ0n) is 12.2. The number of rotatable bonds is 4. The van der Waals surface area contributed by atoms with Crippen molar-refractivity contribution in [3.05, 3.63) is 29.8 Å². The van der Waals surface area contributed by atoms with Crippen LogP contribution in [-0.4, -0.2) is 32.3 Å². The summed E-state index contributed by atoms with van der Waals surface area (Å²) in [6.07, 6.45) is 5.65. The third kappa shape index (κ3) is 2.95. The zero-order chi connectivity index (χ0) is 13.1. The van der Waals surface area contributed by atoms with Crippen molar-refractivity contribution in [2.24, 2.45) is 5.92 Å². The number of nitrogens with zero attached hydrogens (tertiary/aromatic N) is 1. The molecular weight excluding hydrogens is 237 g/mol. The van der Waals surface area contributed by atoms with E-state index in [4.69, 9.17) is 0 Å². The molecule has 100 valence electrons. The van der Waals surface area contributed by atoms with Gasteiger partial charge in [-0.25, -0.2) is 0 Å². The van der Waals surface area contributed by atoms with Crippen LogP contribution in [0.1, 0.15) is 37.3 Å². The van der Waals surface area contributed by atoms with Crippen molar-refractivity contribution in [2.45, 2.75) is 31.7 Å². The second kappa shape index (κ2) is 6.17. The topological polar surface area (TPSA) is 3.24 Å². The highest BCUT2D eigenvalue weighted by Gasteiger charge is 2.29. The molecule has 2 heteroatoms. The molecule has 0 aromatic heterocycles. The van der Waals surface area contributed by atoms with Crippen molar-refractivity contribution in [1.29, 1.82) is 0 Å². The average molecular weight is 263 g/mol. The van der Waals surface area contributed by atoms with Crippen molar-refractivity contribution >= 4 is 13.2 Å². The van der Waals surface area contributed by atoms with Crippen LogP contribution >= 0.6 is 7.92 Å². The summed E-state index contributed by atoms with van der Waals surface area (Å²) in [5, 5.41) is 1.60. The second-order valence-corrected chi connectivity index (χ2v) is 8.18. The van der Waals surface area contributed by atoms with Gasteiger partial charge >= 0.3 is 0 Å². The molecule has 0 unspecified atom stereocenters. The van der Waals surface area contributed by atoms with Crippen molar-refractivity contribution in [3.63, 3.8) is 0 Å². The first kappa shape index (κ1) is 14.0. The summed E-state index contributed by atoms with van der Waals surface area (Å²) in [5.41, 5.74) is 1.59. The molecule has 0 N–H and O–H groups in total. The molecule has 0 bridgehead atoms. The first-order valence-corrected chi connectivity index (χ1v) is 9.27. The van der Waals surface area contributed by atoms with Crippen LogP contribution in [0, 0.1) is 5.92 Å². The fraction of sp³-hybridized carbons (Fsp3) is 0.625. The number of benzene rings is 1. The van der Waals surface area contributed by atoms with Crippen molar-refractivity contribution in [2.75, 3.05) is 27.4 Å². The average Bonchev–Trinajstić information content (AvgIpc) is 2.83. The highest BCUT2D eigenvalue weighted by Crippen LogP contribution is 2.40. The summed E-state index contributed by atoms with van der Waals surface area (Å²) in [6, 6.07) is 9.73. The summed E-state index contributed by atoms with van der Waals surface area (Å²) >= 11 is 0. The second-order valence-electron chi connectivity index (χ2n) is 5.91. The van der Waals surface area contributed by atoms with Crippen LogP contribution in [-0.2, 0) is 0 Å². The molecule has 1 fully saturated rings. The van der Waals surface area contributed by atoms with Crippen LogP contribution < -0.4 is 5.30 Å². The van der Waals surface area contributed by atoms with Crippen LogP contribution in [0.25, 0.3) is 0 Å². The largest absolute Gasteiger partial charge is 0.302 e. The van der Waals surface area contributed by atoms with Gasteiger partial charge in [-0.2, -0.15) is 0 Å². The van der Waals surface area contributed by atoms with Crippen LogP contribution in [0.2, 0.25) is 0 Å². The van der Waals surface area contributed by atoms with Crippen molar-refractivity contribution < 1.29 is 0 Å². The first-order valence-electron chi connectivity index (χ1n) is 7.04. The van der Waals surface area contributed by atoms with E-state index in [0.29, 0.717) is 6.04 Å². The highest BCUT2D eigenvalue weighted by molar-refractivity contribution is 7.64. The lowest BCUT2D eigenvalue weighted by atomic mass is 9.91. The quantitative estimate of drug-likeness (QED) is 0.746. The maximum absolute atomic E-state index is 2.44. The molecule has 0 spiro atoms. The van der Waals surface area contributed by atoms with Gasteiger partial charge in [-0.05, 0) is 57.1 Å². The molecule has 1 aliphatic carbocycles. The van der Waals surface area contributed by atoms with Crippen LogP contribution in [0.3, 0.4) is 0 Å². The molecule has 1 aromatic carbocycles. The molecule has 1 saturated carbocycles. The minimum Gasteiger partial charge on any atom is -0.302 e. The maximum atomic E-state index is 2.44. The van der Waals surface area contributed by atoms with E-state index in [2.05, 4.69) is 56.6 Å². The van der Waals surface area contributed by atoms with E-state index >= 15 is 0 Å². The third-order valence-electron chi connectivity index (χ3n) is 4.14. The summed E-state index contributed by atoms with van der Waals surface area (Å²) in [4.78, 5) is 2.44. The predicted octanol–water partition coefficient (Wildman–Crippen LogP) is 3.85. The van der Waals surface area contributed by atoms with Crippen LogP contribution in [0.5, 0.6) is 0 Å². The molecule has 2 rings (SSSR count). The summed E-state index contributed by atoms with van der Waals surface area (Å²) in [7, 11) is 4.47. The third-order valence-corrected chi connectivity index (χ3v) is 5.51. The van der Waals surface area contributed by atoms with E-state index in [1.165, 1.54) is 25.7 Å². The van der Waals surface area contributed by atoms with E-state index in [1.807, 2.05) is 0 Å². The Labute approximate surface area is 113 Å². The molecule has 0 saturated heterocycles. The van der Waals surface area contributed by atoms with Crippen LogP contribution in [0.15, 0.2) is 24.3 Å². The normalized spacial score (nSPS) is 18.8. The van der Waals surface area contributed by atoms with Gasteiger partial charge in [0.2, 0.25) is 0 Å². The molecule has 1 aliphatic rings. The Kier molecular flexibility index (Phi) is 4.81. The van der Waals surface area contributed by atoms with E-state index in [1.54, 1.807) is 10.9 Å². The van der Waals surface area contributed by atoms with Gasteiger partial charge in [0, 0.05) is 6.04 Å². The highest BCUT2D eigenvalue weighted by atomic mass is 31.1. The Morgan fingerprint density at radius 3 is 2.28 bits per heavy atom. The molecule has 1 aromatic rings. The Morgan fingerprint density at radius 2 is 1.72 bits per heavy atom. The summed E-state index contributed by atoms with van der Waals surface area (Å²) in [6.45, 7) is 4.74. The predicted molar refractivity (Wildman–Crippen MR) is 83.2 cm³/mol. The van der Waals surface area contributed by atoms with Gasteiger partial charge in [0.05, 0.1) is 0 Å². The first-order chi connectivity index (χ1) is 8.61. The van der Waals surface area contributed by atoms with Crippen molar-refractivity contribution in [3.8, 4) is 0 Å². The van der Waals surface area contributed by atoms with Crippen LogP contribution in [0.4, 0.5) is 0 Å². The molecular formula is C16H26NP. The Hall–Kier alpha value is -0.390. The molecule has 0 heterocycles. The summed E-state index contributed by atoms with van der Waals surface area (Å²) < 4.78 is 0. The molecule has 1 nitrogen and oxygen atoms in total. The smallest absolute Gasteiger partial charge is 0.0376 e. The van der Waals surface area contributed by atoms with Gasteiger partial charge in [0.25, 0.3) is 0 Å². The van der Waals surface area contributed by atoms with Gasteiger partial charge in [-0.3, -0.25) is 0 Å². The molecule has 1 atom stereocenters. The van der Waals surface area contributed by atoms with E-state index in [-0.39, 0.29) is 7.92 Å². The van der Waals surface area contributed by atoms with E-state index in [0.717, 1.165) is 5.92 Å². The Morgan fingerprint density at radius 1 is 1.11 bits per heavy atom. The molecule has 0 amide bonds. The minimum absolute atomic E-state index is 0.0146. The lowest BCUT2D eigenvalue weighted by Gasteiger charge is -2.32. The Bertz CT molecular complexity index is 380. The number of hydrogen-bond acceptors (Lipinski definition) is 1. The van der Waals surface area contributed by atoms with E-state index in [9.17, 15) is 0 Å². The minimum atomic E-state index is -0.0146. The number of hydrogen-bond donors (Lipinski definition) is 0. The van der Waals surface area contributed by atoms with Gasteiger partial charge in [-0.1, -0.05) is 45.0 Å². The fourth-order valence-corrected chi connectivity index (χ4v) is 4.48. The lowest BCUT2D eigenvalue weighted by molar-refractivity contribution is 0.215. The standard InChI is InChI=1S/C16H26NP/c1-17(2)16(13-9-5-6-10-13)14-11-7-8-12-15(14)18(3)4/h7-8,11-13,16H,5-6,9-10H2,1-4H3/t16-/m0/s1. The molecule has 18 heavy (non-hydrogen) atoms. The SMILES string of the molecule is CN(C)[C@H](c1ccccc1P(C)C)C1CCCC1. The van der Waals surface area contributed by atoms with E-state index < -0.39 is 0 Å². The fourth-order valence-electron chi connectivity index (χ4n) is 3.37. The van der Waals surface area contributed by atoms with Gasteiger partial charge in [0.15, 0.2) is 0 Å². The zero-order valence-corrected chi connectivity index (χ0v) is 13.1. The Balaban J connectivity index is 2.35. The monoisotopic (exact) mass is 263 g/mol. The lowest BCUT2D eigenvalue weighted by Crippen LogP contribution is -2.29. The van der Waals surface area contributed by atoms with Gasteiger partial charge < -0.3 is 4.90 Å². The maximum Gasteiger partial charge on any atom is 0.0376 e. The summed E-state index contributed by atoms with van der Waals surface area (Å²) in [5.74, 6) is 0.857.